The van der Waals surface area contributed by atoms with Crippen molar-refractivity contribution in [2.24, 2.45) is 0 Å². The van der Waals surface area contributed by atoms with Crippen LogP contribution in [-0.4, -0.2) is 11.0 Å². The lowest BCUT2D eigenvalue weighted by Gasteiger charge is -2.08. The molecule has 0 atom stereocenters. The summed E-state index contributed by atoms with van der Waals surface area (Å²) in [5, 5.41) is 20.9. The Labute approximate surface area is 115 Å². The maximum atomic E-state index is 13.4. The molecular weight excluding hydrogens is 259 g/mol. The molecule has 0 bridgehead atoms. The molecule has 0 radical (unpaired) electrons. The van der Waals surface area contributed by atoms with Gasteiger partial charge in [0.1, 0.15) is 23.2 Å². The van der Waals surface area contributed by atoms with Crippen molar-refractivity contribution in [3.05, 3.63) is 59.4 Å². The molecule has 0 unspecified atom stereocenters. The van der Waals surface area contributed by atoms with Crippen molar-refractivity contribution >= 4 is 11.6 Å². The second-order valence-electron chi connectivity index (χ2n) is 4.13. The molecule has 20 heavy (non-hydrogen) atoms. The van der Waals surface area contributed by atoms with E-state index in [-0.39, 0.29) is 23.4 Å². The first-order chi connectivity index (χ1) is 9.61. The number of nitrogens with one attached hydrogen (secondary N) is 1. The van der Waals surface area contributed by atoms with Crippen LogP contribution < -0.4 is 5.32 Å². The molecule has 0 saturated carbocycles. The minimum atomic E-state index is -0.687. The highest BCUT2D eigenvalue weighted by Gasteiger charge is 2.12. The first-order valence-corrected chi connectivity index (χ1v) is 5.87. The van der Waals surface area contributed by atoms with Crippen molar-refractivity contribution < 1.29 is 14.3 Å². The van der Waals surface area contributed by atoms with Gasteiger partial charge in [-0.15, -0.1) is 0 Å². The Bertz CT molecular complexity index is 693. The average molecular weight is 270 g/mol. The number of nitriles is 1. The molecule has 0 aromatic heterocycles. The van der Waals surface area contributed by atoms with Crippen LogP contribution in [0.5, 0.6) is 5.75 Å². The van der Waals surface area contributed by atoms with Crippen LogP contribution >= 0.6 is 0 Å². The van der Waals surface area contributed by atoms with Gasteiger partial charge >= 0.3 is 0 Å². The fourth-order valence-electron chi connectivity index (χ4n) is 1.77. The molecular formula is C15H11FN2O2. The van der Waals surface area contributed by atoms with E-state index in [0.29, 0.717) is 5.56 Å². The summed E-state index contributed by atoms with van der Waals surface area (Å²) in [5.74, 6) is -1.11. The molecule has 0 saturated heterocycles. The van der Waals surface area contributed by atoms with Crippen molar-refractivity contribution in [2.45, 2.75) is 6.42 Å². The minimum absolute atomic E-state index is 0.0161. The van der Waals surface area contributed by atoms with Crippen LogP contribution in [0, 0.1) is 17.1 Å². The van der Waals surface area contributed by atoms with Gasteiger partial charge in [0.2, 0.25) is 5.91 Å². The fraction of sp³-hybridized carbons (Fsp3) is 0.0667. The van der Waals surface area contributed by atoms with E-state index in [9.17, 15) is 14.3 Å². The molecule has 4 nitrogen and oxygen atoms in total. The summed E-state index contributed by atoms with van der Waals surface area (Å²) in [6.07, 6.45) is -0.0615. The number of anilines is 1. The number of phenolic OH excluding ortho intramolecular Hbond substituents is 1. The lowest BCUT2D eigenvalue weighted by atomic mass is 10.1. The van der Waals surface area contributed by atoms with E-state index in [1.165, 1.54) is 18.2 Å². The number of aromatic hydroxyl groups is 1. The van der Waals surface area contributed by atoms with Crippen LogP contribution in [0.1, 0.15) is 11.1 Å². The second kappa shape index (κ2) is 5.85. The number of carbonyl (C=O) groups is 1. The van der Waals surface area contributed by atoms with Crippen LogP contribution in [-0.2, 0) is 11.2 Å². The van der Waals surface area contributed by atoms with Gasteiger partial charge in [-0.05, 0) is 18.2 Å². The molecule has 100 valence electrons. The highest BCUT2D eigenvalue weighted by atomic mass is 19.1. The van der Waals surface area contributed by atoms with Gasteiger partial charge in [-0.2, -0.15) is 5.26 Å². The minimum Gasteiger partial charge on any atom is -0.508 e. The van der Waals surface area contributed by atoms with Crippen molar-refractivity contribution in [2.75, 3.05) is 5.32 Å². The van der Waals surface area contributed by atoms with E-state index in [2.05, 4.69) is 5.32 Å². The SMILES string of the molecule is N#Cc1c(F)cccc1NC(=O)Cc1ccccc1O. The van der Waals surface area contributed by atoms with E-state index in [1.54, 1.807) is 24.3 Å². The van der Waals surface area contributed by atoms with Gasteiger partial charge in [-0.25, -0.2) is 4.39 Å². The number of carbonyl (C=O) groups excluding carboxylic acids is 1. The lowest BCUT2D eigenvalue weighted by molar-refractivity contribution is -0.115. The van der Waals surface area contributed by atoms with Crippen molar-refractivity contribution in [3.8, 4) is 11.8 Å². The Kier molecular flexibility index (Phi) is 3.96. The third-order valence-corrected chi connectivity index (χ3v) is 2.74. The number of halogens is 1. The Hall–Kier alpha value is -2.87. The van der Waals surface area contributed by atoms with Crippen LogP contribution in [0.4, 0.5) is 10.1 Å². The molecule has 2 aromatic carbocycles. The monoisotopic (exact) mass is 270 g/mol. The van der Waals surface area contributed by atoms with Crippen molar-refractivity contribution in [1.82, 2.24) is 0 Å². The Morgan fingerprint density at radius 2 is 2.00 bits per heavy atom. The largest absolute Gasteiger partial charge is 0.508 e. The summed E-state index contributed by atoms with van der Waals surface area (Å²) < 4.78 is 13.4. The van der Waals surface area contributed by atoms with E-state index < -0.39 is 11.7 Å². The van der Waals surface area contributed by atoms with E-state index in [4.69, 9.17) is 5.26 Å². The predicted octanol–water partition coefficient (Wildman–Crippen LogP) is 2.58. The standard InChI is InChI=1S/C15H11FN2O2/c16-12-5-3-6-13(11(12)9-17)18-15(20)8-10-4-1-2-7-14(10)19/h1-7,19H,8H2,(H,18,20). The molecule has 0 spiro atoms. The first kappa shape index (κ1) is 13.6. The predicted molar refractivity (Wildman–Crippen MR) is 71.6 cm³/mol. The van der Waals surface area contributed by atoms with Gasteiger partial charge in [-0.1, -0.05) is 24.3 Å². The summed E-state index contributed by atoms with van der Waals surface area (Å²) in [6.45, 7) is 0. The first-order valence-electron chi connectivity index (χ1n) is 5.87. The summed E-state index contributed by atoms with van der Waals surface area (Å²) in [6, 6.07) is 12.2. The molecule has 5 heteroatoms. The van der Waals surface area contributed by atoms with Gasteiger partial charge in [0.25, 0.3) is 0 Å². The zero-order valence-electron chi connectivity index (χ0n) is 10.4. The Balaban J connectivity index is 2.16. The number of benzene rings is 2. The van der Waals surface area contributed by atoms with Crippen LogP contribution in [0.15, 0.2) is 42.5 Å². The van der Waals surface area contributed by atoms with Gasteiger partial charge in [0.15, 0.2) is 0 Å². The van der Waals surface area contributed by atoms with Crippen LogP contribution in [0.25, 0.3) is 0 Å². The third kappa shape index (κ3) is 2.93. The number of hydrogen-bond acceptors (Lipinski definition) is 3. The normalized spacial score (nSPS) is 9.80. The quantitative estimate of drug-likeness (QED) is 0.900. The molecule has 1 amide bonds. The maximum Gasteiger partial charge on any atom is 0.228 e. The van der Waals surface area contributed by atoms with Gasteiger partial charge < -0.3 is 10.4 Å². The van der Waals surface area contributed by atoms with Gasteiger partial charge in [0.05, 0.1) is 12.1 Å². The maximum absolute atomic E-state index is 13.4. The molecule has 2 rings (SSSR count). The van der Waals surface area contributed by atoms with Crippen LogP contribution in [0.3, 0.4) is 0 Å². The summed E-state index contributed by atoms with van der Waals surface area (Å²) in [5.41, 5.74) is 0.367. The topological polar surface area (TPSA) is 73.1 Å². The Morgan fingerprint density at radius 3 is 2.70 bits per heavy atom. The lowest BCUT2D eigenvalue weighted by Crippen LogP contribution is -2.15. The molecule has 0 aliphatic rings. The molecule has 2 aromatic rings. The summed E-state index contributed by atoms with van der Waals surface area (Å²) in [4.78, 5) is 11.9. The van der Waals surface area contributed by atoms with Gasteiger partial charge in [-0.3, -0.25) is 4.79 Å². The molecule has 0 fully saturated rings. The fourth-order valence-corrected chi connectivity index (χ4v) is 1.77. The van der Waals surface area contributed by atoms with Crippen molar-refractivity contribution in [1.29, 1.82) is 5.26 Å². The third-order valence-electron chi connectivity index (χ3n) is 2.74. The average Bonchev–Trinajstić information content (AvgIpc) is 2.42. The number of rotatable bonds is 3. The number of nitrogens with zero attached hydrogens (tertiary/aromatic N) is 1. The van der Waals surface area contributed by atoms with Gasteiger partial charge in [0, 0.05) is 5.56 Å². The van der Waals surface area contributed by atoms with E-state index in [1.807, 2.05) is 0 Å². The van der Waals surface area contributed by atoms with Crippen molar-refractivity contribution in [3.63, 3.8) is 0 Å². The summed E-state index contributed by atoms with van der Waals surface area (Å²) >= 11 is 0. The summed E-state index contributed by atoms with van der Waals surface area (Å²) in [7, 11) is 0. The molecule has 0 aliphatic carbocycles. The molecule has 0 aliphatic heterocycles. The highest BCUT2D eigenvalue weighted by molar-refractivity contribution is 5.93. The van der Waals surface area contributed by atoms with E-state index >= 15 is 0 Å². The zero-order valence-corrected chi connectivity index (χ0v) is 10.4. The second-order valence-corrected chi connectivity index (χ2v) is 4.13. The molecule has 2 N–H and O–H groups in total. The number of hydrogen-bond donors (Lipinski definition) is 2. The van der Waals surface area contributed by atoms with E-state index in [0.717, 1.165) is 6.07 Å². The molecule has 0 heterocycles. The number of phenols is 1. The number of amides is 1. The smallest absolute Gasteiger partial charge is 0.228 e. The zero-order chi connectivity index (χ0) is 14.5. The van der Waals surface area contributed by atoms with Crippen LogP contribution in [0.2, 0.25) is 0 Å². The highest BCUT2D eigenvalue weighted by Crippen LogP contribution is 2.20. The number of para-hydroxylation sites is 1. The Morgan fingerprint density at radius 1 is 1.25 bits per heavy atom.